The van der Waals surface area contributed by atoms with E-state index in [4.69, 9.17) is 9.15 Å². The number of carbonyl (C=O) groups excluding carboxylic acids is 1. The normalized spacial score (nSPS) is 11.1. The molecule has 0 atom stereocenters. The molecule has 2 aromatic carbocycles. The zero-order valence-corrected chi connectivity index (χ0v) is 22.9. The molecule has 5 nitrogen and oxygen atoms in total. The SMILES string of the molecule is CCCCCCCCCCCC(=O)OCc1ccc(-c2cc3ccc(N(CC)CC)cc3oc2=O)cc1. The zero-order chi connectivity index (χ0) is 26.5. The van der Waals surface area contributed by atoms with Crippen LogP contribution in [-0.2, 0) is 16.1 Å². The number of hydrogen-bond acceptors (Lipinski definition) is 5. The Morgan fingerprint density at radius 3 is 2.11 bits per heavy atom. The van der Waals surface area contributed by atoms with E-state index in [1.807, 2.05) is 42.5 Å². The summed E-state index contributed by atoms with van der Waals surface area (Å²) in [4.78, 5) is 27.1. The number of benzene rings is 2. The number of ether oxygens (including phenoxy) is 1. The fourth-order valence-electron chi connectivity index (χ4n) is 4.68. The minimum Gasteiger partial charge on any atom is -0.461 e. The lowest BCUT2D eigenvalue weighted by Gasteiger charge is -2.21. The molecule has 0 unspecified atom stereocenters. The van der Waals surface area contributed by atoms with Crippen molar-refractivity contribution in [2.45, 2.75) is 91.6 Å². The molecule has 0 saturated heterocycles. The van der Waals surface area contributed by atoms with Crippen LogP contribution in [0.5, 0.6) is 0 Å². The van der Waals surface area contributed by atoms with Crippen molar-refractivity contribution in [3.05, 3.63) is 64.5 Å². The largest absolute Gasteiger partial charge is 0.461 e. The van der Waals surface area contributed by atoms with Crippen LogP contribution in [0.1, 0.15) is 90.5 Å². The van der Waals surface area contributed by atoms with Gasteiger partial charge < -0.3 is 14.1 Å². The summed E-state index contributed by atoms with van der Waals surface area (Å²) in [6.45, 7) is 8.49. The van der Waals surface area contributed by atoms with Crippen LogP contribution in [0.4, 0.5) is 5.69 Å². The monoisotopic (exact) mass is 505 g/mol. The molecule has 37 heavy (non-hydrogen) atoms. The number of carbonyl (C=O) groups is 1. The Kier molecular flexibility index (Phi) is 11.7. The molecule has 0 spiro atoms. The highest BCUT2D eigenvalue weighted by Gasteiger charge is 2.11. The van der Waals surface area contributed by atoms with Crippen molar-refractivity contribution in [2.75, 3.05) is 18.0 Å². The summed E-state index contributed by atoms with van der Waals surface area (Å²) in [6, 6.07) is 15.4. The van der Waals surface area contributed by atoms with Gasteiger partial charge in [0, 0.05) is 36.7 Å². The quantitative estimate of drug-likeness (QED) is 0.111. The molecule has 0 saturated carbocycles. The van der Waals surface area contributed by atoms with Gasteiger partial charge in [0.1, 0.15) is 12.2 Å². The maximum atomic E-state index is 12.7. The predicted octanol–water partition coefficient (Wildman–Crippen LogP) is 8.27. The van der Waals surface area contributed by atoms with Crippen molar-refractivity contribution in [1.82, 2.24) is 0 Å². The second-order valence-electron chi connectivity index (χ2n) is 9.78. The molecule has 0 N–H and O–H groups in total. The van der Waals surface area contributed by atoms with Gasteiger partial charge in [-0.05, 0) is 49.6 Å². The van der Waals surface area contributed by atoms with Gasteiger partial charge in [-0.2, -0.15) is 0 Å². The van der Waals surface area contributed by atoms with Gasteiger partial charge in [-0.1, -0.05) is 82.6 Å². The van der Waals surface area contributed by atoms with E-state index >= 15 is 0 Å². The molecule has 0 fully saturated rings. The van der Waals surface area contributed by atoms with E-state index in [1.54, 1.807) is 0 Å². The first kappa shape index (κ1) is 28.5. The number of hydrogen-bond donors (Lipinski definition) is 0. The molecular formula is C32H43NO4. The average molecular weight is 506 g/mol. The van der Waals surface area contributed by atoms with E-state index in [1.165, 1.54) is 44.9 Å². The Morgan fingerprint density at radius 1 is 0.811 bits per heavy atom. The maximum absolute atomic E-state index is 12.7. The minimum atomic E-state index is -0.357. The van der Waals surface area contributed by atoms with Crippen LogP contribution in [0.15, 0.2) is 57.7 Å². The second-order valence-corrected chi connectivity index (χ2v) is 9.78. The number of rotatable bonds is 16. The van der Waals surface area contributed by atoms with Crippen LogP contribution in [0.2, 0.25) is 0 Å². The van der Waals surface area contributed by atoms with Crippen LogP contribution in [0.25, 0.3) is 22.1 Å². The van der Waals surface area contributed by atoms with Crippen molar-refractivity contribution in [2.24, 2.45) is 0 Å². The maximum Gasteiger partial charge on any atom is 0.344 e. The zero-order valence-electron chi connectivity index (χ0n) is 22.9. The summed E-state index contributed by atoms with van der Waals surface area (Å²) in [6.07, 6.45) is 11.5. The predicted molar refractivity (Wildman–Crippen MR) is 153 cm³/mol. The highest BCUT2D eigenvalue weighted by molar-refractivity contribution is 5.84. The Balaban J connectivity index is 1.48. The molecule has 0 aliphatic carbocycles. The number of esters is 1. The number of nitrogens with zero attached hydrogens (tertiary/aromatic N) is 1. The van der Waals surface area contributed by atoms with Crippen LogP contribution in [0, 0.1) is 0 Å². The summed E-state index contributed by atoms with van der Waals surface area (Å²) in [5.41, 5.74) is 3.49. The Hall–Kier alpha value is -3.08. The number of unbranched alkanes of at least 4 members (excludes halogenated alkanes) is 8. The van der Waals surface area contributed by atoms with Gasteiger partial charge >= 0.3 is 11.6 Å². The van der Waals surface area contributed by atoms with Gasteiger partial charge in [-0.25, -0.2) is 4.79 Å². The molecule has 200 valence electrons. The van der Waals surface area contributed by atoms with Crippen molar-refractivity contribution in [3.8, 4) is 11.1 Å². The average Bonchev–Trinajstić information content (AvgIpc) is 2.91. The van der Waals surface area contributed by atoms with E-state index in [0.29, 0.717) is 17.6 Å². The smallest absolute Gasteiger partial charge is 0.344 e. The van der Waals surface area contributed by atoms with Crippen molar-refractivity contribution in [1.29, 1.82) is 0 Å². The summed E-state index contributed by atoms with van der Waals surface area (Å²) >= 11 is 0. The highest BCUT2D eigenvalue weighted by Crippen LogP contribution is 2.25. The van der Waals surface area contributed by atoms with Gasteiger partial charge in [-0.3, -0.25) is 4.79 Å². The lowest BCUT2D eigenvalue weighted by Crippen LogP contribution is -2.21. The third-order valence-electron chi connectivity index (χ3n) is 7.00. The molecule has 0 aliphatic heterocycles. The lowest BCUT2D eigenvalue weighted by atomic mass is 10.0. The molecule has 0 bridgehead atoms. The summed E-state index contributed by atoms with van der Waals surface area (Å²) in [5, 5.41) is 0.889. The van der Waals surface area contributed by atoms with Crippen LogP contribution in [0.3, 0.4) is 0 Å². The molecule has 3 aromatic rings. The van der Waals surface area contributed by atoms with E-state index in [0.717, 1.165) is 48.1 Å². The van der Waals surface area contributed by atoms with Crippen LogP contribution >= 0.6 is 0 Å². The summed E-state index contributed by atoms with van der Waals surface area (Å²) in [5.74, 6) is -0.147. The lowest BCUT2D eigenvalue weighted by molar-refractivity contribution is -0.145. The van der Waals surface area contributed by atoms with E-state index in [9.17, 15) is 9.59 Å². The number of anilines is 1. The molecular weight excluding hydrogens is 462 g/mol. The molecule has 3 rings (SSSR count). The van der Waals surface area contributed by atoms with Crippen molar-refractivity contribution >= 4 is 22.6 Å². The first-order valence-corrected chi connectivity index (χ1v) is 14.1. The van der Waals surface area contributed by atoms with Crippen LogP contribution in [-0.4, -0.2) is 19.1 Å². The van der Waals surface area contributed by atoms with E-state index in [2.05, 4.69) is 31.7 Å². The van der Waals surface area contributed by atoms with E-state index in [-0.39, 0.29) is 18.2 Å². The Morgan fingerprint density at radius 2 is 1.46 bits per heavy atom. The molecule has 1 heterocycles. The van der Waals surface area contributed by atoms with Gasteiger partial charge in [0.2, 0.25) is 0 Å². The molecule has 1 aromatic heterocycles. The standard InChI is InChI=1S/C32H43NO4/c1-4-7-8-9-10-11-12-13-14-15-31(34)36-24-25-16-18-26(19-17-25)29-22-27-20-21-28(33(5-2)6-3)23-30(27)37-32(29)35/h16-23H,4-15,24H2,1-3H3. The molecule has 0 amide bonds. The third-order valence-corrected chi connectivity index (χ3v) is 7.00. The fraction of sp³-hybridized carbons (Fsp3) is 0.500. The van der Waals surface area contributed by atoms with Crippen molar-refractivity contribution in [3.63, 3.8) is 0 Å². The minimum absolute atomic E-state index is 0.147. The highest BCUT2D eigenvalue weighted by atomic mass is 16.5. The summed E-state index contributed by atoms with van der Waals surface area (Å²) < 4.78 is 11.1. The Labute approximate surface area is 221 Å². The first-order valence-electron chi connectivity index (χ1n) is 14.1. The Bertz CT molecular complexity index is 1160. The second kappa shape index (κ2) is 15.2. The molecule has 0 radical (unpaired) electrons. The van der Waals surface area contributed by atoms with Crippen molar-refractivity contribution < 1.29 is 13.9 Å². The number of fused-ring (bicyclic) bond motifs is 1. The third kappa shape index (κ3) is 8.77. The van der Waals surface area contributed by atoms with E-state index < -0.39 is 0 Å². The van der Waals surface area contributed by atoms with Crippen LogP contribution < -0.4 is 10.5 Å². The fourth-order valence-corrected chi connectivity index (χ4v) is 4.68. The van der Waals surface area contributed by atoms with Gasteiger partial charge in [0.15, 0.2) is 0 Å². The van der Waals surface area contributed by atoms with Gasteiger partial charge in [-0.15, -0.1) is 0 Å². The van der Waals surface area contributed by atoms with Gasteiger partial charge in [0.05, 0.1) is 5.56 Å². The topological polar surface area (TPSA) is 59.8 Å². The molecule has 5 heteroatoms. The molecule has 0 aliphatic rings. The first-order chi connectivity index (χ1) is 18.0. The summed E-state index contributed by atoms with van der Waals surface area (Å²) in [7, 11) is 0. The van der Waals surface area contributed by atoms with Gasteiger partial charge in [0.25, 0.3) is 0 Å².